The molecular weight excluding hydrogens is 174 g/mol. The molecule has 3 heteroatoms. The number of imidazole rings is 1. The molecule has 0 radical (unpaired) electrons. The highest BCUT2D eigenvalue weighted by atomic mass is 15.0. The van der Waals surface area contributed by atoms with Crippen molar-refractivity contribution in [1.29, 1.82) is 0 Å². The first-order chi connectivity index (χ1) is 6.90. The van der Waals surface area contributed by atoms with E-state index >= 15 is 0 Å². The summed E-state index contributed by atoms with van der Waals surface area (Å²) in [5.74, 6) is 0.859. The first kappa shape index (κ1) is 9.71. The van der Waals surface area contributed by atoms with Crippen LogP contribution in [0.5, 0.6) is 0 Å². The van der Waals surface area contributed by atoms with Crippen LogP contribution < -0.4 is 5.32 Å². The fraction of sp³-hybridized carbons (Fsp3) is 0.727. The second-order valence-electron chi connectivity index (χ2n) is 4.07. The van der Waals surface area contributed by atoms with E-state index in [-0.39, 0.29) is 0 Å². The third-order valence-electron chi connectivity index (χ3n) is 3.10. The van der Waals surface area contributed by atoms with E-state index in [2.05, 4.69) is 21.8 Å². The van der Waals surface area contributed by atoms with Crippen molar-refractivity contribution in [3.63, 3.8) is 0 Å². The summed E-state index contributed by atoms with van der Waals surface area (Å²) in [6.45, 7) is 5.59. The van der Waals surface area contributed by atoms with Crippen LogP contribution in [0.4, 0.5) is 0 Å². The lowest BCUT2D eigenvalue weighted by atomic mass is 9.93. The summed E-state index contributed by atoms with van der Waals surface area (Å²) in [6, 6.07) is 0. The lowest BCUT2D eigenvalue weighted by molar-refractivity contribution is 0.366. The molecule has 2 heterocycles. The maximum atomic E-state index is 4.21. The average molecular weight is 193 g/mol. The number of nitrogens with one attached hydrogen (secondary N) is 1. The van der Waals surface area contributed by atoms with Crippen molar-refractivity contribution in [2.24, 2.45) is 5.92 Å². The molecule has 1 N–H and O–H groups in total. The van der Waals surface area contributed by atoms with Gasteiger partial charge in [-0.15, -0.1) is 0 Å². The summed E-state index contributed by atoms with van der Waals surface area (Å²) in [5, 5.41) is 3.40. The molecule has 2 rings (SSSR count). The fourth-order valence-electron chi connectivity index (χ4n) is 2.18. The van der Waals surface area contributed by atoms with Crippen LogP contribution >= 0.6 is 0 Å². The molecule has 1 aliphatic rings. The summed E-state index contributed by atoms with van der Waals surface area (Å²) < 4.78 is 2.25. The van der Waals surface area contributed by atoms with Crippen molar-refractivity contribution in [3.05, 3.63) is 18.2 Å². The van der Waals surface area contributed by atoms with Crippen LogP contribution in [0.15, 0.2) is 12.5 Å². The maximum absolute atomic E-state index is 4.21. The van der Waals surface area contributed by atoms with Gasteiger partial charge in [0.2, 0.25) is 0 Å². The zero-order valence-electron chi connectivity index (χ0n) is 8.87. The Labute approximate surface area is 85.5 Å². The monoisotopic (exact) mass is 193 g/mol. The summed E-state index contributed by atoms with van der Waals surface area (Å²) in [7, 11) is 0. The van der Waals surface area contributed by atoms with Gasteiger partial charge in [0.15, 0.2) is 0 Å². The topological polar surface area (TPSA) is 29.9 Å². The van der Waals surface area contributed by atoms with Gasteiger partial charge in [-0.2, -0.15) is 0 Å². The molecule has 1 aliphatic heterocycles. The quantitative estimate of drug-likeness (QED) is 0.787. The minimum absolute atomic E-state index is 0.859. The van der Waals surface area contributed by atoms with Crippen LogP contribution in [0.3, 0.4) is 0 Å². The number of nitrogens with zero attached hydrogens (tertiary/aromatic N) is 2. The summed E-state index contributed by atoms with van der Waals surface area (Å²) >= 11 is 0. The molecule has 78 valence electrons. The number of aryl methyl sites for hydroxylation is 1. The zero-order chi connectivity index (χ0) is 9.80. The van der Waals surface area contributed by atoms with Gasteiger partial charge < -0.3 is 9.88 Å². The van der Waals surface area contributed by atoms with Crippen LogP contribution in [0, 0.1) is 5.92 Å². The number of piperidine rings is 1. The number of hydrogen-bond donors (Lipinski definition) is 1. The highest BCUT2D eigenvalue weighted by Crippen LogP contribution is 2.17. The largest absolute Gasteiger partial charge is 0.335 e. The van der Waals surface area contributed by atoms with Crippen molar-refractivity contribution in [2.75, 3.05) is 13.1 Å². The van der Waals surface area contributed by atoms with Gasteiger partial charge in [-0.3, -0.25) is 0 Å². The standard InChI is InChI=1S/C11H19N3/c1-2-14-9-13-8-11(14)7-10-3-5-12-6-4-10/h8-10,12H,2-7H2,1H3. The number of hydrogen-bond acceptors (Lipinski definition) is 2. The fourth-order valence-corrected chi connectivity index (χ4v) is 2.18. The number of rotatable bonds is 3. The normalized spacial score (nSPS) is 18.6. The van der Waals surface area contributed by atoms with E-state index in [4.69, 9.17) is 0 Å². The lowest BCUT2D eigenvalue weighted by Crippen LogP contribution is -2.29. The van der Waals surface area contributed by atoms with Crippen molar-refractivity contribution in [3.8, 4) is 0 Å². The van der Waals surface area contributed by atoms with Crippen LogP contribution in [0.25, 0.3) is 0 Å². The molecule has 0 unspecified atom stereocenters. The Morgan fingerprint density at radius 3 is 3.00 bits per heavy atom. The third-order valence-corrected chi connectivity index (χ3v) is 3.10. The van der Waals surface area contributed by atoms with E-state index in [1.807, 2.05) is 12.5 Å². The van der Waals surface area contributed by atoms with Crippen LogP contribution in [-0.4, -0.2) is 22.6 Å². The van der Waals surface area contributed by atoms with Crippen LogP contribution in [0.2, 0.25) is 0 Å². The Kier molecular flexibility index (Phi) is 3.19. The van der Waals surface area contributed by atoms with Gasteiger partial charge in [-0.25, -0.2) is 4.98 Å². The van der Waals surface area contributed by atoms with E-state index in [0.29, 0.717) is 0 Å². The first-order valence-corrected chi connectivity index (χ1v) is 5.60. The molecule has 0 atom stereocenters. The van der Waals surface area contributed by atoms with Crippen molar-refractivity contribution in [1.82, 2.24) is 14.9 Å². The molecule has 0 bridgehead atoms. The van der Waals surface area contributed by atoms with Crippen molar-refractivity contribution >= 4 is 0 Å². The van der Waals surface area contributed by atoms with Crippen LogP contribution in [-0.2, 0) is 13.0 Å². The van der Waals surface area contributed by atoms with Gasteiger partial charge in [-0.1, -0.05) is 0 Å². The predicted molar refractivity (Wildman–Crippen MR) is 57.2 cm³/mol. The highest BCUT2D eigenvalue weighted by molar-refractivity contribution is 5.00. The molecule has 0 spiro atoms. The maximum Gasteiger partial charge on any atom is 0.0948 e. The molecule has 0 aliphatic carbocycles. The van der Waals surface area contributed by atoms with E-state index in [1.54, 1.807) is 0 Å². The van der Waals surface area contributed by atoms with Crippen molar-refractivity contribution in [2.45, 2.75) is 32.7 Å². The molecule has 1 aromatic heterocycles. The minimum atomic E-state index is 0.859. The molecule has 0 amide bonds. The summed E-state index contributed by atoms with van der Waals surface area (Å²) in [4.78, 5) is 4.21. The lowest BCUT2D eigenvalue weighted by Gasteiger charge is -2.22. The van der Waals surface area contributed by atoms with Crippen LogP contribution in [0.1, 0.15) is 25.5 Å². The molecule has 0 saturated carbocycles. The zero-order valence-corrected chi connectivity index (χ0v) is 8.87. The summed E-state index contributed by atoms with van der Waals surface area (Å²) in [5.41, 5.74) is 1.40. The Morgan fingerprint density at radius 1 is 1.50 bits per heavy atom. The van der Waals surface area contributed by atoms with Gasteiger partial charge in [-0.05, 0) is 45.2 Å². The number of aromatic nitrogens is 2. The first-order valence-electron chi connectivity index (χ1n) is 5.60. The second kappa shape index (κ2) is 4.60. The van der Waals surface area contributed by atoms with E-state index in [9.17, 15) is 0 Å². The van der Waals surface area contributed by atoms with Gasteiger partial charge in [0.05, 0.1) is 6.33 Å². The Hall–Kier alpha value is -0.830. The molecule has 1 aromatic rings. The minimum Gasteiger partial charge on any atom is -0.335 e. The van der Waals surface area contributed by atoms with Gasteiger partial charge >= 0.3 is 0 Å². The Morgan fingerprint density at radius 2 is 2.29 bits per heavy atom. The second-order valence-corrected chi connectivity index (χ2v) is 4.07. The van der Waals surface area contributed by atoms with Gasteiger partial charge in [0.1, 0.15) is 0 Å². The molecular formula is C11H19N3. The van der Waals surface area contributed by atoms with E-state index in [1.165, 1.54) is 38.0 Å². The molecule has 0 aromatic carbocycles. The predicted octanol–water partition coefficient (Wildman–Crippen LogP) is 1.45. The third kappa shape index (κ3) is 2.15. The molecule has 14 heavy (non-hydrogen) atoms. The molecule has 1 saturated heterocycles. The summed E-state index contributed by atoms with van der Waals surface area (Å²) in [6.07, 6.45) is 7.79. The Balaban J connectivity index is 1.95. The van der Waals surface area contributed by atoms with Gasteiger partial charge in [0.25, 0.3) is 0 Å². The molecule has 3 nitrogen and oxygen atoms in total. The SMILES string of the molecule is CCn1cncc1CC1CCNCC1. The van der Waals surface area contributed by atoms with Gasteiger partial charge in [0, 0.05) is 18.4 Å². The van der Waals surface area contributed by atoms with E-state index in [0.717, 1.165) is 12.5 Å². The Bertz CT molecular complexity index is 274. The van der Waals surface area contributed by atoms with Crippen molar-refractivity contribution < 1.29 is 0 Å². The van der Waals surface area contributed by atoms with E-state index < -0.39 is 0 Å². The highest BCUT2D eigenvalue weighted by Gasteiger charge is 2.14. The molecule has 1 fully saturated rings. The average Bonchev–Trinajstić information content (AvgIpc) is 2.67. The smallest absolute Gasteiger partial charge is 0.0948 e.